The molecule has 8 heteroatoms. The molecule has 1 atom stereocenters. The molecule has 4 aromatic rings. The predicted molar refractivity (Wildman–Crippen MR) is 116 cm³/mol. The van der Waals surface area contributed by atoms with Gasteiger partial charge in [0, 0.05) is 10.6 Å². The van der Waals surface area contributed by atoms with Gasteiger partial charge in [-0.3, -0.25) is 9.20 Å². The third kappa shape index (κ3) is 3.16. The molecule has 0 aliphatic rings. The van der Waals surface area contributed by atoms with Crippen LogP contribution in [0.1, 0.15) is 28.5 Å². The van der Waals surface area contributed by atoms with E-state index in [1.165, 1.54) is 22.2 Å². The Hall–Kier alpha value is -2.45. The van der Waals surface area contributed by atoms with E-state index in [1.54, 1.807) is 17.7 Å². The van der Waals surface area contributed by atoms with Gasteiger partial charge in [0.15, 0.2) is 10.8 Å². The molecule has 0 bridgehead atoms. The van der Waals surface area contributed by atoms with E-state index in [1.807, 2.05) is 43.4 Å². The SMILES string of the molecule is Cc1cccc(C)c1NC(=O)C(C)Sc1nnc2c3c(C)c(C)sc3ncn12. The fourth-order valence-electron chi connectivity index (χ4n) is 3.15. The summed E-state index contributed by atoms with van der Waals surface area (Å²) >= 11 is 3.04. The molecule has 0 aliphatic carbocycles. The van der Waals surface area contributed by atoms with Crippen LogP contribution in [0.4, 0.5) is 5.69 Å². The van der Waals surface area contributed by atoms with Gasteiger partial charge in [-0.15, -0.1) is 21.5 Å². The molecule has 0 spiro atoms. The lowest BCUT2D eigenvalue weighted by Gasteiger charge is -2.14. The highest BCUT2D eigenvalue weighted by Crippen LogP contribution is 2.33. The molecule has 3 aromatic heterocycles. The summed E-state index contributed by atoms with van der Waals surface area (Å²) < 4.78 is 1.87. The minimum absolute atomic E-state index is 0.0595. The number of amides is 1. The first-order valence-electron chi connectivity index (χ1n) is 9.00. The molecule has 0 radical (unpaired) electrons. The van der Waals surface area contributed by atoms with Gasteiger partial charge in [-0.2, -0.15) is 0 Å². The summed E-state index contributed by atoms with van der Waals surface area (Å²) in [6.07, 6.45) is 1.74. The van der Waals surface area contributed by atoms with Gasteiger partial charge in [-0.1, -0.05) is 30.0 Å². The molecule has 1 unspecified atom stereocenters. The third-order valence-electron chi connectivity index (χ3n) is 4.93. The summed E-state index contributed by atoms with van der Waals surface area (Å²) in [6.45, 7) is 10.0. The Morgan fingerprint density at radius 3 is 2.61 bits per heavy atom. The number of carbonyl (C=O) groups is 1. The number of para-hydroxylation sites is 1. The molecule has 6 nitrogen and oxygen atoms in total. The maximum atomic E-state index is 12.7. The number of aryl methyl sites for hydroxylation is 4. The van der Waals surface area contributed by atoms with Crippen molar-refractivity contribution in [2.75, 3.05) is 5.32 Å². The normalized spacial score (nSPS) is 12.6. The fourth-order valence-corrected chi connectivity index (χ4v) is 4.96. The summed E-state index contributed by atoms with van der Waals surface area (Å²) in [5.74, 6) is -0.0595. The van der Waals surface area contributed by atoms with E-state index in [-0.39, 0.29) is 11.2 Å². The number of hydrogen-bond donors (Lipinski definition) is 1. The van der Waals surface area contributed by atoms with Gasteiger partial charge in [0.25, 0.3) is 0 Å². The zero-order valence-electron chi connectivity index (χ0n) is 16.4. The Morgan fingerprint density at radius 2 is 1.89 bits per heavy atom. The number of nitrogens with one attached hydrogen (secondary N) is 1. The Balaban J connectivity index is 1.61. The topological polar surface area (TPSA) is 72.2 Å². The second kappa shape index (κ2) is 7.18. The first-order valence-corrected chi connectivity index (χ1v) is 10.7. The van der Waals surface area contributed by atoms with E-state index in [2.05, 4.69) is 34.3 Å². The maximum absolute atomic E-state index is 12.7. The zero-order valence-corrected chi connectivity index (χ0v) is 18.0. The van der Waals surface area contributed by atoms with Crippen molar-refractivity contribution in [1.29, 1.82) is 0 Å². The van der Waals surface area contributed by atoms with Crippen molar-refractivity contribution in [3.63, 3.8) is 0 Å². The monoisotopic (exact) mass is 411 g/mol. The van der Waals surface area contributed by atoms with Crippen LogP contribution in [0, 0.1) is 27.7 Å². The smallest absolute Gasteiger partial charge is 0.237 e. The lowest BCUT2D eigenvalue weighted by atomic mass is 10.1. The molecular formula is C20H21N5OS2. The average molecular weight is 412 g/mol. The number of thiophene rings is 1. The molecule has 28 heavy (non-hydrogen) atoms. The zero-order chi connectivity index (χ0) is 20.0. The first kappa shape index (κ1) is 18.9. The summed E-state index contributed by atoms with van der Waals surface area (Å²) in [7, 11) is 0. The van der Waals surface area contributed by atoms with Gasteiger partial charge in [0.1, 0.15) is 11.2 Å². The van der Waals surface area contributed by atoms with Crippen molar-refractivity contribution in [1.82, 2.24) is 19.6 Å². The summed E-state index contributed by atoms with van der Waals surface area (Å²) in [6, 6.07) is 5.98. The molecule has 0 aliphatic heterocycles. The van der Waals surface area contributed by atoms with E-state index in [0.717, 1.165) is 32.7 Å². The Bertz CT molecular complexity index is 1190. The number of rotatable bonds is 4. The lowest BCUT2D eigenvalue weighted by molar-refractivity contribution is -0.115. The third-order valence-corrected chi connectivity index (χ3v) is 7.10. The van der Waals surface area contributed by atoms with E-state index in [4.69, 9.17) is 0 Å². The minimum atomic E-state index is -0.326. The van der Waals surface area contributed by atoms with E-state index < -0.39 is 0 Å². The second-order valence-corrected chi connectivity index (χ2v) is 9.41. The van der Waals surface area contributed by atoms with E-state index in [0.29, 0.717) is 5.16 Å². The van der Waals surface area contributed by atoms with Crippen LogP contribution in [-0.2, 0) is 4.79 Å². The summed E-state index contributed by atoms with van der Waals surface area (Å²) in [4.78, 5) is 19.5. The summed E-state index contributed by atoms with van der Waals surface area (Å²) in [5, 5.41) is 13.1. The van der Waals surface area contributed by atoms with Crippen LogP contribution in [0.5, 0.6) is 0 Å². The van der Waals surface area contributed by atoms with Crippen LogP contribution < -0.4 is 5.32 Å². The van der Waals surface area contributed by atoms with Gasteiger partial charge in [0.05, 0.1) is 10.6 Å². The molecular weight excluding hydrogens is 390 g/mol. The number of anilines is 1. The van der Waals surface area contributed by atoms with Crippen molar-refractivity contribution in [3.8, 4) is 0 Å². The highest BCUT2D eigenvalue weighted by Gasteiger charge is 2.21. The van der Waals surface area contributed by atoms with E-state index >= 15 is 0 Å². The van der Waals surface area contributed by atoms with Gasteiger partial charge >= 0.3 is 0 Å². The number of thioether (sulfide) groups is 1. The van der Waals surface area contributed by atoms with Gasteiger partial charge in [-0.05, 0) is 51.3 Å². The molecule has 0 saturated carbocycles. The molecule has 0 fully saturated rings. The molecule has 1 N–H and O–H groups in total. The van der Waals surface area contributed by atoms with Gasteiger partial charge in [-0.25, -0.2) is 4.98 Å². The minimum Gasteiger partial charge on any atom is -0.325 e. The van der Waals surface area contributed by atoms with Crippen LogP contribution in [0.2, 0.25) is 0 Å². The molecule has 4 rings (SSSR count). The second-order valence-electron chi connectivity index (χ2n) is 6.90. The quantitative estimate of drug-likeness (QED) is 0.493. The van der Waals surface area contributed by atoms with Crippen LogP contribution in [-0.4, -0.2) is 30.7 Å². The van der Waals surface area contributed by atoms with Crippen LogP contribution in [0.3, 0.4) is 0 Å². The van der Waals surface area contributed by atoms with Crippen LogP contribution in [0.15, 0.2) is 29.7 Å². The Morgan fingerprint density at radius 1 is 1.18 bits per heavy atom. The number of aromatic nitrogens is 4. The highest BCUT2D eigenvalue weighted by molar-refractivity contribution is 8.00. The lowest BCUT2D eigenvalue weighted by Crippen LogP contribution is -2.23. The van der Waals surface area contributed by atoms with Crippen molar-refractivity contribution in [3.05, 3.63) is 46.1 Å². The van der Waals surface area contributed by atoms with Crippen molar-refractivity contribution >= 4 is 50.6 Å². The van der Waals surface area contributed by atoms with Crippen molar-refractivity contribution < 1.29 is 4.79 Å². The van der Waals surface area contributed by atoms with Crippen LogP contribution in [0.25, 0.3) is 15.9 Å². The van der Waals surface area contributed by atoms with Crippen LogP contribution >= 0.6 is 23.1 Å². The first-order chi connectivity index (χ1) is 13.4. The van der Waals surface area contributed by atoms with Gasteiger partial charge in [0.2, 0.25) is 5.91 Å². The molecule has 0 saturated heterocycles. The molecule has 1 aromatic carbocycles. The number of fused-ring (bicyclic) bond motifs is 3. The van der Waals surface area contributed by atoms with Gasteiger partial charge < -0.3 is 5.32 Å². The fraction of sp³-hybridized carbons (Fsp3) is 0.300. The largest absolute Gasteiger partial charge is 0.325 e. The standard InChI is InChI=1S/C20H21N5OS2/c1-10-7-6-8-11(2)16(10)22-18(26)14(5)28-20-24-23-17-15-12(3)13(4)27-19(15)21-9-25(17)20/h6-9,14H,1-5H3,(H,22,26). The van der Waals surface area contributed by atoms with Crippen molar-refractivity contribution in [2.24, 2.45) is 0 Å². The molecule has 3 heterocycles. The maximum Gasteiger partial charge on any atom is 0.237 e. The summed E-state index contributed by atoms with van der Waals surface area (Å²) in [5.41, 5.74) is 4.94. The Labute approximate surface area is 171 Å². The van der Waals surface area contributed by atoms with Crippen molar-refractivity contribution in [2.45, 2.75) is 45.0 Å². The average Bonchev–Trinajstić information content (AvgIpc) is 3.19. The predicted octanol–water partition coefficient (Wildman–Crippen LogP) is 4.69. The number of carbonyl (C=O) groups excluding carboxylic acids is 1. The van der Waals surface area contributed by atoms with E-state index in [9.17, 15) is 4.79 Å². The number of nitrogens with zero attached hydrogens (tertiary/aromatic N) is 4. The number of hydrogen-bond acceptors (Lipinski definition) is 6. The molecule has 144 valence electrons. The number of benzene rings is 1. The molecule has 1 amide bonds. The highest BCUT2D eigenvalue weighted by atomic mass is 32.2. The Kier molecular flexibility index (Phi) is 4.84.